The molecule has 0 radical (unpaired) electrons. The fourth-order valence-electron chi connectivity index (χ4n) is 3.07. The number of fused-ring (bicyclic) bond motifs is 1. The number of hydrogen-bond acceptors (Lipinski definition) is 6. The quantitative estimate of drug-likeness (QED) is 0.609. The highest BCUT2D eigenvalue weighted by molar-refractivity contribution is 5.91. The molecular weight excluding hydrogens is 350 g/mol. The van der Waals surface area contributed by atoms with Crippen LogP contribution in [0.5, 0.6) is 0 Å². The number of nitrogens with zero attached hydrogens (tertiary/aromatic N) is 3. The van der Waals surface area contributed by atoms with Crippen LogP contribution in [0.1, 0.15) is 36.5 Å². The molecule has 6 nitrogen and oxygen atoms in total. The Morgan fingerprint density at radius 3 is 2.56 bits per heavy atom. The van der Waals surface area contributed by atoms with Crippen molar-refractivity contribution in [2.24, 2.45) is 0 Å². The molecule has 3 rings (SSSR count). The van der Waals surface area contributed by atoms with E-state index in [2.05, 4.69) is 27.2 Å². The van der Waals surface area contributed by atoms with Crippen LogP contribution in [0.25, 0.3) is 11.0 Å². The molecule has 0 saturated carbocycles. The van der Waals surface area contributed by atoms with Crippen molar-refractivity contribution in [1.29, 1.82) is 0 Å². The first kappa shape index (κ1) is 18.8. The number of nitrogen functional groups attached to an aromatic ring is 2. The predicted molar refractivity (Wildman–Crippen MR) is 103 cm³/mol. The molecule has 8 heteroatoms. The number of halogens is 2. The Bertz CT molecular complexity index is 990. The van der Waals surface area contributed by atoms with Gasteiger partial charge in [0.2, 0.25) is 5.95 Å². The highest BCUT2D eigenvalue weighted by Gasteiger charge is 2.16. The summed E-state index contributed by atoms with van der Waals surface area (Å²) in [7, 11) is 0. The molecule has 2 aromatic heterocycles. The van der Waals surface area contributed by atoms with Gasteiger partial charge >= 0.3 is 0 Å². The number of pyridine rings is 1. The molecule has 0 fully saturated rings. The zero-order valence-electron chi connectivity index (χ0n) is 15.3. The van der Waals surface area contributed by atoms with Crippen molar-refractivity contribution in [3.05, 3.63) is 46.5 Å². The van der Waals surface area contributed by atoms with E-state index in [1.165, 1.54) is 12.1 Å². The van der Waals surface area contributed by atoms with Gasteiger partial charge in [-0.2, -0.15) is 9.97 Å². The van der Waals surface area contributed by atoms with Crippen molar-refractivity contribution in [3.8, 4) is 0 Å². The summed E-state index contributed by atoms with van der Waals surface area (Å²) >= 11 is 0. The van der Waals surface area contributed by atoms with E-state index in [1.807, 2.05) is 6.92 Å². The topological polar surface area (TPSA) is 103 Å². The lowest BCUT2D eigenvalue weighted by molar-refractivity contribution is 0.507. The molecule has 0 bridgehead atoms. The summed E-state index contributed by atoms with van der Waals surface area (Å²) in [6, 6.07) is 3.81. The summed E-state index contributed by atoms with van der Waals surface area (Å²) in [6.07, 6.45) is 2.80. The van der Waals surface area contributed by atoms with Gasteiger partial charge in [0.15, 0.2) is 17.3 Å². The molecular formula is C19H22F2N6. The Labute approximate surface area is 156 Å². The number of nitrogens with two attached hydrogens (primary N) is 2. The summed E-state index contributed by atoms with van der Waals surface area (Å²) < 4.78 is 26.6. The first-order chi connectivity index (χ1) is 12.9. The number of unbranched alkanes of at least 4 members (excludes halogenated alkanes) is 1. The number of aryl methyl sites for hydroxylation is 1. The highest BCUT2D eigenvalue weighted by atomic mass is 19.2. The number of benzene rings is 1. The molecule has 0 unspecified atom stereocenters. The van der Waals surface area contributed by atoms with Gasteiger partial charge in [0.1, 0.15) is 11.6 Å². The maximum absolute atomic E-state index is 13.4. The fraction of sp³-hybridized carbons (Fsp3) is 0.316. The summed E-state index contributed by atoms with van der Waals surface area (Å²) in [5.74, 6) is -0.760. The molecule has 0 aliphatic rings. The number of anilines is 3. The molecule has 142 valence electrons. The van der Waals surface area contributed by atoms with Gasteiger partial charge in [-0.15, -0.1) is 0 Å². The Kier molecular flexibility index (Phi) is 5.34. The second-order valence-electron chi connectivity index (χ2n) is 6.44. The van der Waals surface area contributed by atoms with Gasteiger partial charge in [-0.05, 0) is 48.6 Å². The molecule has 3 aromatic rings. The van der Waals surface area contributed by atoms with Crippen LogP contribution in [0.15, 0.2) is 18.2 Å². The summed E-state index contributed by atoms with van der Waals surface area (Å²) in [5, 5.41) is 3.90. The number of nitrogens with one attached hydrogen (secondary N) is 1. The second kappa shape index (κ2) is 7.69. The van der Waals surface area contributed by atoms with Gasteiger partial charge in [0, 0.05) is 6.54 Å². The van der Waals surface area contributed by atoms with Crippen LogP contribution in [0.2, 0.25) is 0 Å². The van der Waals surface area contributed by atoms with E-state index >= 15 is 0 Å². The summed E-state index contributed by atoms with van der Waals surface area (Å²) in [5.41, 5.74) is 14.7. The number of hydrogen-bond donors (Lipinski definition) is 3. The van der Waals surface area contributed by atoms with Crippen LogP contribution in [-0.4, -0.2) is 15.0 Å². The smallest absolute Gasteiger partial charge is 0.224 e. The maximum Gasteiger partial charge on any atom is 0.224 e. The molecule has 0 atom stereocenters. The third-order valence-corrected chi connectivity index (χ3v) is 4.49. The van der Waals surface area contributed by atoms with Crippen LogP contribution in [0.3, 0.4) is 0 Å². The monoisotopic (exact) mass is 372 g/mol. The molecule has 0 saturated heterocycles. The fourth-order valence-corrected chi connectivity index (χ4v) is 3.07. The second-order valence-corrected chi connectivity index (χ2v) is 6.44. The third-order valence-electron chi connectivity index (χ3n) is 4.49. The van der Waals surface area contributed by atoms with Crippen molar-refractivity contribution in [2.75, 3.05) is 16.8 Å². The highest BCUT2D eigenvalue weighted by Crippen LogP contribution is 2.30. The lowest BCUT2D eigenvalue weighted by Crippen LogP contribution is -2.10. The summed E-state index contributed by atoms with van der Waals surface area (Å²) in [6.45, 7) is 4.36. The zero-order chi connectivity index (χ0) is 19.6. The maximum atomic E-state index is 13.4. The summed E-state index contributed by atoms with van der Waals surface area (Å²) in [4.78, 5) is 12.8. The van der Waals surface area contributed by atoms with Crippen molar-refractivity contribution >= 4 is 28.6 Å². The molecule has 1 aromatic carbocycles. The van der Waals surface area contributed by atoms with Crippen molar-refractivity contribution in [3.63, 3.8) is 0 Å². The molecule has 0 aliphatic carbocycles. The average molecular weight is 372 g/mol. The lowest BCUT2D eigenvalue weighted by Gasteiger charge is -2.16. The first-order valence-electron chi connectivity index (χ1n) is 8.80. The Hall–Kier alpha value is -3.03. The SMILES string of the molecule is CCCCc1c(NCc2ccc(F)c(F)c2)nc2nc(N)nc(N)c2c1C. The van der Waals surface area contributed by atoms with Gasteiger partial charge in [-0.25, -0.2) is 13.8 Å². The molecule has 0 spiro atoms. The minimum atomic E-state index is -0.878. The molecule has 2 heterocycles. The Balaban J connectivity index is 2.02. The van der Waals surface area contributed by atoms with E-state index < -0.39 is 11.6 Å². The normalized spacial score (nSPS) is 11.1. The van der Waals surface area contributed by atoms with E-state index in [9.17, 15) is 8.78 Å². The first-order valence-corrected chi connectivity index (χ1v) is 8.80. The van der Waals surface area contributed by atoms with Crippen molar-refractivity contribution in [1.82, 2.24) is 15.0 Å². The van der Waals surface area contributed by atoms with E-state index in [4.69, 9.17) is 11.5 Å². The van der Waals surface area contributed by atoms with Gasteiger partial charge in [-0.3, -0.25) is 0 Å². The number of rotatable bonds is 6. The Morgan fingerprint density at radius 2 is 1.85 bits per heavy atom. The minimum Gasteiger partial charge on any atom is -0.383 e. The minimum absolute atomic E-state index is 0.0553. The molecule has 0 aliphatic heterocycles. The van der Waals surface area contributed by atoms with Gasteiger partial charge in [-0.1, -0.05) is 19.4 Å². The Morgan fingerprint density at radius 1 is 1.07 bits per heavy atom. The van der Waals surface area contributed by atoms with E-state index in [1.54, 1.807) is 0 Å². The third kappa shape index (κ3) is 3.89. The van der Waals surface area contributed by atoms with Crippen molar-refractivity contribution in [2.45, 2.75) is 39.7 Å². The number of aromatic nitrogens is 3. The van der Waals surface area contributed by atoms with E-state index in [0.29, 0.717) is 34.8 Å². The van der Waals surface area contributed by atoms with Gasteiger partial charge in [0.25, 0.3) is 0 Å². The van der Waals surface area contributed by atoms with Crippen LogP contribution in [0.4, 0.5) is 26.4 Å². The molecule has 0 amide bonds. The largest absolute Gasteiger partial charge is 0.383 e. The van der Waals surface area contributed by atoms with Crippen LogP contribution >= 0.6 is 0 Å². The van der Waals surface area contributed by atoms with Crippen LogP contribution in [0, 0.1) is 18.6 Å². The molecule has 5 N–H and O–H groups in total. The van der Waals surface area contributed by atoms with Gasteiger partial charge in [0.05, 0.1) is 5.39 Å². The van der Waals surface area contributed by atoms with Crippen molar-refractivity contribution < 1.29 is 8.78 Å². The van der Waals surface area contributed by atoms with Crippen LogP contribution in [-0.2, 0) is 13.0 Å². The van der Waals surface area contributed by atoms with E-state index in [0.717, 1.165) is 36.5 Å². The average Bonchev–Trinajstić information content (AvgIpc) is 2.61. The predicted octanol–water partition coefficient (Wildman–Crippen LogP) is 3.73. The van der Waals surface area contributed by atoms with Gasteiger partial charge < -0.3 is 16.8 Å². The standard InChI is InChI=1S/C19H22F2N6/c1-3-4-5-12-10(2)15-16(22)25-19(23)27-18(15)26-17(12)24-9-11-6-7-13(20)14(21)8-11/h6-8H,3-5,9H2,1-2H3,(H5,22,23,24,25,26,27). The zero-order valence-corrected chi connectivity index (χ0v) is 15.3. The van der Waals surface area contributed by atoms with E-state index in [-0.39, 0.29) is 5.95 Å². The molecule has 27 heavy (non-hydrogen) atoms. The lowest BCUT2D eigenvalue weighted by atomic mass is 10.0. The van der Waals surface area contributed by atoms with Crippen LogP contribution < -0.4 is 16.8 Å².